The molecule has 2 aliphatic rings. The maximum Gasteiger partial charge on any atom is 0.230 e. The minimum Gasteiger partial charge on any atom is -0.340 e. The van der Waals surface area contributed by atoms with Gasteiger partial charge < -0.3 is 9.80 Å². The largest absolute Gasteiger partial charge is 0.340 e. The quantitative estimate of drug-likeness (QED) is 0.774. The maximum absolute atomic E-state index is 12.6. The molecule has 3 nitrogen and oxygen atoms in total. The van der Waals surface area contributed by atoms with E-state index in [1.165, 1.54) is 16.9 Å². The van der Waals surface area contributed by atoms with Crippen molar-refractivity contribution in [2.24, 2.45) is 0 Å². The summed E-state index contributed by atoms with van der Waals surface area (Å²) in [6.07, 6.45) is 3.37. The second kappa shape index (κ2) is 5.02. The van der Waals surface area contributed by atoms with E-state index in [0.717, 1.165) is 39.0 Å². The topological polar surface area (TPSA) is 23.6 Å². The van der Waals surface area contributed by atoms with Crippen molar-refractivity contribution in [3.63, 3.8) is 0 Å². The minimum atomic E-state index is 0.142. The number of rotatable bonds is 1. The number of carbonyl (C=O) groups is 1. The lowest BCUT2D eigenvalue weighted by Gasteiger charge is -2.35. The number of aryl methyl sites for hydroxylation is 1. The van der Waals surface area contributed by atoms with Crippen molar-refractivity contribution in [2.75, 3.05) is 33.2 Å². The van der Waals surface area contributed by atoms with Gasteiger partial charge in [0.15, 0.2) is 0 Å². The van der Waals surface area contributed by atoms with Crippen LogP contribution in [0, 0.1) is 0 Å². The monoisotopic (exact) mass is 264 g/mol. The highest BCUT2D eigenvalue weighted by Gasteiger charge is 2.31. The van der Waals surface area contributed by atoms with Crippen molar-refractivity contribution in [3.05, 3.63) is 21.9 Å². The summed E-state index contributed by atoms with van der Waals surface area (Å²) in [7, 11) is 2.12. The van der Waals surface area contributed by atoms with Gasteiger partial charge in [0.2, 0.25) is 5.91 Å². The van der Waals surface area contributed by atoms with Crippen molar-refractivity contribution in [1.82, 2.24) is 9.80 Å². The Kier molecular flexibility index (Phi) is 3.39. The average Bonchev–Trinajstić information content (AvgIpc) is 2.87. The number of fused-ring (bicyclic) bond motifs is 1. The van der Waals surface area contributed by atoms with Gasteiger partial charge in [-0.1, -0.05) is 0 Å². The SMILES string of the molecule is CN1CCN(C(=O)C2CCCc3sccc32)CC1. The predicted octanol–water partition coefficient (Wildman–Crippen LogP) is 1.94. The van der Waals surface area contributed by atoms with Crippen LogP contribution in [0.2, 0.25) is 0 Å². The first-order chi connectivity index (χ1) is 8.75. The van der Waals surface area contributed by atoms with Crippen LogP contribution in [0.1, 0.15) is 29.2 Å². The van der Waals surface area contributed by atoms with Gasteiger partial charge in [-0.25, -0.2) is 0 Å². The zero-order chi connectivity index (χ0) is 12.5. The van der Waals surface area contributed by atoms with Crippen molar-refractivity contribution in [1.29, 1.82) is 0 Å². The number of amides is 1. The highest BCUT2D eigenvalue weighted by Crippen LogP contribution is 2.36. The van der Waals surface area contributed by atoms with E-state index in [9.17, 15) is 4.79 Å². The molecule has 1 fully saturated rings. The Morgan fingerprint density at radius 1 is 1.33 bits per heavy atom. The summed E-state index contributed by atoms with van der Waals surface area (Å²) in [5.74, 6) is 0.505. The summed E-state index contributed by atoms with van der Waals surface area (Å²) in [6.45, 7) is 3.81. The zero-order valence-electron chi connectivity index (χ0n) is 10.9. The average molecular weight is 264 g/mol. The van der Waals surface area contributed by atoms with Gasteiger partial charge in [-0.15, -0.1) is 11.3 Å². The van der Waals surface area contributed by atoms with Crippen molar-refractivity contribution < 1.29 is 4.79 Å². The molecule has 4 heteroatoms. The molecule has 2 heterocycles. The highest BCUT2D eigenvalue weighted by atomic mass is 32.1. The smallest absolute Gasteiger partial charge is 0.230 e. The minimum absolute atomic E-state index is 0.142. The summed E-state index contributed by atoms with van der Waals surface area (Å²) in [4.78, 5) is 18.4. The number of hydrogen-bond donors (Lipinski definition) is 0. The number of thiophene rings is 1. The fourth-order valence-electron chi connectivity index (χ4n) is 2.99. The van der Waals surface area contributed by atoms with E-state index in [-0.39, 0.29) is 5.92 Å². The van der Waals surface area contributed by atoms with Crippen LogP contribution in [-0.2, 0) is 11.2 Å². The molecular weight excluding hydrogens is 244 g/mol. The van der Waals surface area contributed by atoms with E-state index in [1.807, 2.05) is 11.3 Å². The molecule has 0 spiro atoms. The first-order valence-electron chi connectivity index (χ1n) is 6.79. The summed E-state index contributed by atoms with van der Waals surface area (Å²) in [6, 6.07) is 2.16. The van der Waals surface area contributed by atoms with Crippen molar-refractivity contribution >= 4 is 17.2 Å². The van der Waals surface area contributed by atoms with Crippen LogP contribution in [0.5, 0.6) is 0 Å². The number of carbonyl (C=O) groups excluding carboxylic acids is 1. The molecule has 1 aliphatic heterocycles. The van der Waals surface area contributed by atoms with Gasteiger partial charge in [0.1, 0.15) is 0 Å². The molecule has 0 radical (unpaired) electrons. The van der Waals surface area contributed by atoms with Gasteiger partial charge in [-0.2, -0.15) is 0 Å². The second-order valence-electron chi connectivity index (χ2n) is 5.37. The summed E-state index contributed by atoms with van der Waals surface area (Å²) in [5.41, 5.74) is 1.31. The molecule has 0 N–H and O–H groups in total. The van der Waals surface area contributed by atoms with Crippen LogP contribution in [0.25, 0.3) is 0 Å². The molecule has 0 aromatic carbocycles. The van der Waals surface area contributed by atoms with Gasteiger partial charge in [0.05, 0.1) is 5.92 Å². The third-order valence-electron chi connectivity index (χ3n) is 4.16. The van der Waals surface area contributed by atoms with Crippen LogP contribution in [-0.4, -0.2) is 48.9 Å². The first kappa shape index (κ1) is 12.2. The predicted molar refractivity (Wildman–Crippen MR) is 74.1 cm³/mol. The summed E-state index contributed by atoms with van der Waals surface area (Å²) < 4.78 is 0. The third-order valence-corrected chi connectivity index (χ3v) is 5.16. The van der Waals surface area contributed by atoms with E-state index in [2.05, 4.69) is 28.3 Å². The van der Waals surface area contributed by atoms with E-state index < -0.39 is 0 Å². The number of hydrogen-bond acceptors (Lipinski definition) is 3. The normalized spacial score (nSPS) is 24.9. The lowest BCUT2D eigenvalue weighted by Crippen LogP contribution is -2.48. The standard InChI is InChI=1S/C14H20N2OS/c1-15-6-8-16(9-7-15)14(17)12-3-2-4-13-11(12)5-10-18-13/h5,10,12H,2-4,6-9H2,1H3. The Balaban J connectivity index is 1.74. The second-order valence-corrected chi connectivity index (χ2v) is 6.37. The van der Waals surface area contributed by atoms with E-state index >= 15 is 0 Å². The Morgan fingerprint density at radius 3 is 2.89 bits per heavy atom. The van der Waals surface area contributed by atoms with Gasteiger partial charge in [-0.05, 0) is 43.3 Å². The Bertz CT molecular complexity index is 435. The molecule has 1 aromatic heterocycles. The van der Waals surface area contributed by atoms with Crippen molar-refractivity contribution in [3.8, 4) is 0 Å². The zero-order valence-corrected chi connectivity index (χ0v) is 11.7. The van der Waals surface area contributed by atoms with Gasteiger partial charge >= 0.3 is 0 Å². The van der Waals surface area contributed by atoms with E-state index in [4.69, 9.17) is 0 Å². The van der Waals surface area contributed by atoms with E-state index in [1.54, 1.807) is 0 Å². The summed E-state index contributed by atoms with van der Waals surface area (Å²) >= 11 is 1.81. The fraction of sp³-hybridized carbons (Fsp3) is 0.643. The maximum atomic E-state index is 12.6. The first-order valence-corrected chi connectivity index (χ1v) is 7.67. The summed E-state index contributed by atoms with van der Waals surface area (Å²) in [5, 5.41) is 2.14. The molecule has 0 saturated carbocycles. The molecular formula is C14H20N2OS. The Labute approximate surface area is 112 Å². The van der Waals surface area contributed by atoms with Crippen LogP contribution in [0.3, 0.4) is 0 Å². The Morgan fingerprint density at radius 2 is 2.11 bits per heavy atom. The number of likely N-dealkylation sites (N-methyl/N-ethyl adjacent to an activating group) is 1. The molecule has 18 heavy (non-hydrogen) atoms. The molecule has 1 amide bonds. The Hall–Kier alpha value is -0.870. The lowest BCUT2D eigenvalue weighted by atomic mass is 9.86. The highest BCUT2D eigenvalue weighted by molar-refractivity contribution is 7.10. The molecule has 3 rings (SSSR count). The molecule has 0 bridgehead atoms. The van der Waals surface area contributed by atoms with Crippen LogP contribution >= 0.6 is 11.3 Å². The fourth-order valence-corrected chi connectivity index (χ4v) is 3.98. The van der Waals surface area contributed by atoms with Gasteiger partial charge in [-0.3, -0.25) is 4.79 Å². The van der Waals surface area contributed by atoms with Crippen LogP contribution < -0.4 is 0 Å². The number of piperazine rings is 1. The van der Waals surface area contributed by atoms with Crippen LogP contribution in [0.4, 0.5) is 0 Å². The molecule has 1 atom stereocenters. The van der Waals surface area contributed by atoms with Gasteiger partial charge in [0.25, 0.3) is 0 Å². The molecule has 98 valence electrons. The molecule has 1 saturated heterocycles. The third kappa shape index (κ3) is 2.19. The lowest BCUT2D eigenvalue weighted by molar-refractivity contribution is -0.134. The number of nitrogens with zero attached hydrogens (tertiary/aromatic N) is 2. The van der Waals surface area contributed by atoms with Gasteiger partial charge in [0, 0.05) is 31.1 Å². The molecule has 1 aliphatic carbocycles. The van der Waals surface area contributed by atoms with Crippen molar-refractivity contribution in [2.45, 2.75) is 25.2 Å². The molecule has 1 unspecified atom stereocenters. The molecule has 1 aromatic rings. The van der Waals surface area contributed by atoms with Crippen LogP contribution in [0.15, 0.2) is 11.4 Å². The van der Waals surface area contributed by atoms with E-state index in [0.29, 0.717) is 5.91 Å².